The maximum absolute atomic E-state index is 11.7. The van der Waals surface area contributed by atoms with E-state index in [9.17, 15) is 9.90 Å². The molecule has 0 heterocycles. The van der Waals surface area contributed by atoms with Crippen molar-refractivity contribution in [3.05, 3.63) is 22.2 Å². The monoisotopic (exact) mass is 344 g/mol. The van der Waals surface area contributed by atoms with Gasteiger partial charge in [0.05, 0.1) is 18.1 Å². The number of methoxy groups -OCH3 is 1. The fraction of sp³-hybridized carbons (Fsp3) is 0.500. The minimum Gasteiger partial charge on any atom is -0.503 e. The molecule has 2 N–H and O–H groups in total. The molecule has 0 saturated heterocycles. The summed E-state index contributed by atoms with van der Waals surface area (Å²) < 4.78 is 5.68. The van der Waals surface area contributed by atoms with Gasteiger partial charge in [-0.1, -0.05) is 0 Å². The number of aromatic hydroxyl groups is 1. The minimum atomic E-state index is -0.00712. The molecular weight excluding hydrogens is 324 g/mol. The molecule has 1 amide bonds. The average Bonchev–Trinajstić information content (AvgIpc) is 2.31. The second kappa shape index (κ2) is 7.50. The van der Waals surface area contributed by atoms with Gasteiger partial charge in [-0.15, -0.1) is 0 Å². The fourth-order valence-corrected chi connectivity index (χ4v) is 2.34. The molecule has 20 heavy (non-hydrogen) atoms. The Hall–Kier alpha value is -1.27. The van der Waals surface area contributed by atoms with Crippen LogP contribution in [0.15, 0.2) is 16.6 Å². The molecule has 1 aromatic carbocycles. The largest absolute Gasteiger partial charge is 0.503 e. The van der Waals surface area contributed by atoms with Crippen LogP contribution in [0.5, 0.6) is 11.5 Å². The van der Waals surface area contributed by atoms with Crippen molar-refractivity contribution in [2.45, 2.75) is 26.4 Å². The molecule has 1 aromatic rings. The van der Waals surface area contributed by atoms with E-state index in [0.29, 0.717) is 23.3 Å². The SMILES string of the molecule is COc1cc(CN(C)CC(=O)NC(C)C)cc(Br)c1O. The van der Waals surface area contributed by atoms with Gasteiger partial charge in [-0.3, -0.25) is 9.69 Å². The zero-order chi connectivity index (χ0) is 15.3. The number of likely N-dealkylation sites (N-methyl/N-ethyl adjacent to an activating group) is 1. The Morgan fingerprint density at radius 1 is 1.50 bits per heavy atom. The van der Waals surface area contributed by atoms with Crippen LogP contribution in [0, 0.1) is 0 Å². The number of ether oxygens (including phenoxy) is 1. The first-order chi connectivity index (χ1) is 9.33. The summed E-state index contributed by atoms with van der Waals surface area (Å²) in [4.78, 5) is 13.6. The number of amides is 1. The van der Waals surface area contributed by atoms with Crippen molar-refractivity contribution >= 4 is 21.8 Å². The van der Waals surface area contributed by atoms with E-state index in [1.165, 1.54) is 7.11 Å². The van der Waals surface area contributed by atoms with Gasteiger partial charge in [-0.2, -0.15) is 0 Å². The number of hydrogen-bond acceptors (Lipinski definition) is 4. The minimum absolute atomic E-state index is 0.00712. The van der Waals surface area contributed by atoms with E-state index in [4.69, 9.17) is 4.74 Å². The van der Waals surface area contributed by atoms with Crippen LogP contribution in [0.3, 0.4) is 0 Å². The van der Waals surface area contributed by atoms with Gasteiger partial charge in [0.2, 0.25) is 5.91 Å². The van der Waals surface area contributed by atoms with E-state index in [0.717, 1.165) is 5.56 Å². The topological polar surface area (TPSA) is 61.8 Å². The number of halogens is 1. The van der Waals surface area contributed by atoms with Crippen LogP contribution in [0.1, 0.15) is 19.4 Å². The first kappa shape index (κ1) is 16.8. The summed E-state index contributed by atoms with van der Waals surface area (Å²) in [7, 11) is 3.37. The number of phenolic OH excluding ortho intramolecular Hbond substituents is 1. The quantitative estimate of drug-likeness (QED) is 0.829. The van der Waals surface area contributed by atoms with E-state index in [2.05, 4.69) is 21.2 Å². The Labute approximate surface area is 128 Å². The van der Waals surface area contributed by atoms with Crippen LogP contribution in [-0.4, -0.2) is 42.7 Å². The lowest BCUT2D eigenvalue weighted by Gasteiger charge is -2.18. The number of phenols is 1. The molecule has 5 nitrogen and oxygen atoms in total. The highest BCUT2D eigenvalue weighted by molar-refractivity contribution is 9.10. The predicted molar refractivity (Wildman–Crippen MR) is 82.0 cm³/mol. The predicted octanol–water partition coefficient (Wildman–Crippen LogP) is 2.12. The lowest BCUT2D eigenvalue weighted by atomic mass is 10.2. The molecule has 0 atom stereocenters. The van der Waals surface area contributed by atoms with E-state index >= 15 is 0 Å². The van der Waals surface area contributed by atoms with Crippen molar-refractivity contribution in [3.8, 4) is 11.5 Å². The Kier molecular flexibility index (Phi) is 6.29. The summed E-state index contributed by atoms with van der Waals surface area (Å²) in [5.41, 5.74) is 0.950. The van der Waals surface area contributed by atoms with Crippen molar-refractivity contribution in [2.75, 3.05) is 20.7 Å². The molecule has 0 spiro atoms. The second-order valence-electron chi connectivity index (χ2n) is 5.02. The van der Waals surface area contributed by atoms with Gasteiger partial charge in [-0.25, -0.2) is 0 Å². The van der Waals surface area contributed by atoms with Crippen LogP contribution in [0.25, 0.3) is 0 Å². The van der Waals surface area contributed by atoms with E-state index in [-0.39, 0.29) is 17.7 Å². The van der Waals surface area contributed by atoms with Gasteiger partial charge in [0, 0.05) is 12.6 Å². The van der Waals surface area contributed by atoms with Crippen LogP contribution in [0.4, 0.5) is 0 Å². The maximum atomic E-state index is 11.7. The van der Waals surface area contributed by atoms with E-state index < -0.39 is 0 Å². The van der Waals surface area contributed by atoms with Gasteiger partial charge in [0.1, 0.15) is 0 Å². The summed E-state index contributed by atoms with van der Waals surface area (Å²) in [6, 6.07) is 3.71. The third-order valence-electron chi connectivity index (χ3n) is 2.62. The average molecular weight is 345 g/mol. The Morgan fingerprint density at radius 3 is 2.70 bits per heavy atom. The molecule has 6 heteroatoms. The summed E-state index contributed by atoms with van der Waals surface area (Å²) in [5.74, 6) is 0.484. The molecule has 0 saturated carbocycles. The first-order valence-corrected chi connectivity index (χ1v) is 7.16. The number of carbonyl (C=O) groups is 1. The zero-order valence-electron chi connectivity index (χ0n) is 12.2. The van der Waals surface area contributed by atoms with Crippen LogP contribution in [0.2, 0.25) is 0 Å². The molecule has 112 valence electrons. The molecule has 0 aliphatic rings. The van der Waals surface area contributed by atoms with Gasteiger partial charge < -0.3 is 15.2 Å². The van der Waals surface area contributed by atoms with Crippen molar-refractivity contribution in [2.24, 2.45) is 0 Å². The summed E-state index contributed by atoms with van der Waals surface area (Å²) >= 11 is 3.28. The third-order valence-corrected chi connectivity index (χ3v) is 3.23. The lowest BCUT2D eigenvalue weighted by molar-refractivity contribution is -0.122. The molecule has 0 aliphatic heterocycles. The van der Waals surface area contributed by atoms with Crippen molar-refractivity contribution in [1.29, 1.82) is 0 Å². The number of rotatable bonds is 6. The molecule has 0 aromatic heterocycles. The second-order valence-corrected chi connectivity index (χ2v) is 5.88. The van der Waals surface area contributed by atoms with Crippen molar-refractivity contribution < 1.29 is 14.6 Å². The Bertz CT molecular complexity index is 478. The van der Waals surface area contributed by atoms with Gasteiger partial charge >= 0.3 is 0 Å². The number of hydrogen-bond donors (Lipinski definition) is 2. The molecule has 0 bridgehead atoms. The number of carbonyl (C=O) groups excluding carboxylic acids is 1. The Balaban J connectivity index is 2.68. The van der Waals surface area contributed by atoms with Gasteiger partial charge in [0.15, 0.2) is 11.5 Å². The highest BCUT2D eigenvalue weighted by atomic mass is 79.9. The van der Waals surface area contributed by atoms with Crippen LogP contribution in [-0.2, 0) is 11.3 Å². The van der Waals surface area contributed by atoms with Gasteiger partial charge in [0.25, 0.3) is 0 Å². The molecule has 0 radical (unpaired) electrons. The Morgan fingerprint density at radius 2 is 2.15 bits per heavy atom. The third kappa shape index (κ3) is 5.02. The highest BCUT2D eigenvalue weighted by Crippen LogP contribution is 2.35. The fourth-order valence-electron chi connectivity index (χ4n) is 1.85. The summed E-state index contributed by atoms with van der Waals surface area (Å²) in [6.45, 7) is 4.76. The molecule has 0 fully saturated rings. The number of nitrogens with one attached hydrogen (secondary N) is 1. The number of nitrogens with zero attached hydrogens (tertiary/aromatic N) is 1. The normalized spacial score (nSPS) is 10.9. The molecule has 1 rings (SSSR count). The maximum Gasteiger partial charge on any atom is 0.234 e. The van der Waals surface area contributed by atoms with E-state index in [1.807, 2.05) is 31.9 Å². The standard InChI is InChI=1S/C14H21BrN2O3/c1-9(2)16-13(18)8-17(3)7-10-5-11(15)14(19)12(6-10)20-4/h5-6,9,19H,7-8H2,1-4H3,(H,16,18). The van der Waals surface area contributed by atoms with Crippen LogP contribution >= 0.6 is 15.9 Å². The smallest absolute Gasteiger partial charge is 0.234 e. The summed E-state index contributed by atoms with van der Waals surface area (Å²) in [6.07, 6.45) is 0. The molecule has 0 aliphatic carbocycles. The van der Waals surface area contributed by atoms with Crippen molar-refractivity contribution in [3.63, 3.8) is 0 Å². The lowest BCUT2D eigenvalue weighted by Crippen LogP contribution is -2.38. The van der Waals surface area contributed by atoms with Crippen molar-refractivity contribution in [1.82, 2.24) is 10.2 Å². The van der Waals surface area contributed by atoms with E-state index in [1.54, 1.807) is 6.07 Å². The zero-order valence-corrected chi connectivity index (χ0v) is 13.8. The van der Waals surface area contributed by atoms with Gasteiger partial charge in [-0.05, 0) is 54.5 Å². The molecule has 0 unspecified atom stereocenters. The highest BCUT2D eigenvalue weighted by Gasteiger charge is 2.12. The number of benzene rings is 1. The molecular formula is C14H21BrN2O3. The first-order valence-electron chi connectivity index (χ1n) is 6.36. The summed E-state index contributed by atoms with van der Waals surface area (Å²) in [5, 5.41) is 12.6. The van der Waals surface area contributed by atoms with Crippen LogP contribution < -0.4 is 10.1 Å².